The number of allylic oxidation sites excluding steroid dienone is 2. The maximum Gasteiger partial charge on any atom is 0.433 e. The minimum atomic E-state index is -4.85. The number of phenols is 1. The topological polar surface area (TPSA) is 132 Å². The number of nitrogens with one attached hydrogen (secondary N) is 1. The molecule has 1 aromatic heterocycles. The molecule has 6 atom stereocenters. The highest BCUT2D eigenvalue weighted by Gasteiger charge is 2.71. The normalized spacial score (nSPS) is 25.5. The highest BCUT2D eigenvalue weighted by atomic mass is 35.5. The second-order valence-electron chi connectivity index (χ2n) is 14.3. The largest absolute Gasteiger partial charge is 0.508 e. The number of hydrogen-bond donors (Lipinski definition) is 2. The monoisotopic (exact) mass is 823 g/mol. The Morgan fingerprint density at radius 2 is 1.63 bits per heavy atom. The first-order chi connectivity index (χ1) is 27.1. The Morgan fingerprint density at radius 1 is 0.930 bits per heavy atom. The molecule has 2 aliphatic heterocycles. The molecule has 57 heavy (non-hydrogen) atoms. The number of hydrazine groups is 2. The van der Waals surface area contributed by atoms with Crippen LogP contribution in [0.4, 0.5) is 29.1 Å². The smallest absolute Gasteiger partial charge is 0.433 e. The van der Waals surface area contributed by atoms with E-state index in [9.17, 15) is 37.1 Å². The molecule has 2 N–H and O–H groups in total. The maximum atomic E-state index is 15.3. The second kappa shape index (κ2) is 13.8. The molecule has 17 heteroatoms. The summed E-state index contributed by atoms with van der Waals surface area (Å²) < 4.78 is 60.5. The Kier molecular flexibility index (Phi) is 9.23. The average molecular weight is 825 g/mol. The van der Waals surface area contributed by atoms with E-state index in [-0.39, 0.29) is 34.9 Å². The molecular weight excluding hydrogens is 793 g/mol. The Labute approximate surface area is 332 Å². The highest BCUT2D eigenvalue weighted by molar-refractivity contribution is 6.33. The summed E-state index contributed by atoms with van der Waals surface area (Å²) in [5.41, 5.74) is 1.03. The van der Waals surface area contributed by atoms with Gasteiger partial charge in [0.1, 0.15) is 23.0 Å². The summed E-state index contributed by atoms with van der Waals surface area (Å²) in [5, 5.41) is 14.2. The third kappa shape index (κ3) is 5.89. The molecule has 3 heterocycles. The molecule has 294 valence electrons. The molecule has 4 amide bonds. The molecule has 11 nitrogen and oxygen atoms in total. The van der Waals surface area contributed by atoms with E-state index >= 15 is 4.79 Å². The van der Waals surface area contributed by atoms with Crippen molar-refractivity contribution in [2.24, 2.45) is 23.7 Å². The zero-order chi connectivity index (χ0) is 40.7. The van der Waals surface area contributed by atoms with Crippen LogP contribution in [-0.4, -0.2) is 57.9 Å². The van der Waals surface area contributed by atoms with Crippen LogP contribution in [0.2, 0.25) is 10.0 Å². The van der Waals surface area contributed by atoms with Gasteiger partial charge in [-0.3, -0.25) is 29.6 Å². The second-order valence-corrected chi connectivity index (χ2v) is 15.2. The zero-order valence-electron chi connectivity index (χ0n) is 29.9. The summed E-state index contributed by atoms with van der Waals surface area (Å²) in [7, 11) is 2.62. The van der Waals surface area contributed by atoms with Gasteiger partial charge in [-0.15, -0.1) is 0 Å². The van der Waals surface area contributed by atoms with Crippen molar-refractivity contribution in [3.05, 3.63) is 123 Å². The minimum Gasteiger partial charge on any atom is -0.508 e. The van der Waals surface area contributed by atoms with Crippen LogP contribution in [-0.2, 0) is 30.8 Å². The highest BCUT2D eigenvalue weighted by Crippen LogP contribution is 2.65. The number of aromatic nitrogens is 1. The van der Waals surface area contributed by atoms with Gasteiger partial charge in [-0.1, -0.05) is 47.0 Å². The molecule has 0 spiro atoms. The fourth-order valence-corrected chi connectivity index (χ4v) is 9.43. The number of imide groups is 2. The molecule has 4 aromatic rings. The number of phenolic OH excluding ortho intramolecular Hbond substituents is 1. The van der Waals surface area contributed by atoms with Crippen LogP contribution >= 0.6 is 23.2 Å². The molecular formula is C40H31Cl2F4N5O6. The number of hydrogen-bond acceptors (Lipinski definition) is 9. The van der Waals surface area contributed by atoms with Crippen LogP contribution in [0.3, 0.4) is 0 Å². The van der Waals surface area contributed by atoms with Crippen LogP contribution in [0, 0.1) is 29.5 Å². The quantitative estimate of drug-likeness (QED) is 0.112. The Balaban J connectivity index is 1.30. The number of nitrogens with zero attached hydrogens (tertiary/aromatic N) is 4. The van der Waals surface area contributed by atoms with Crippen LogP contribution in [0.5, 0.6) is 11.5 Å². The van der Waals surface area contributed by atoms with Gasteiger partial charge in [0.15, 0.2) is 5.82 Å². The van der Waals surface area contributed by atoms with Crippen molar-refractivity contribution in [1.82, 2.24) is 15.0 Å². The van der Waals surface area contributed by atoms with Gasteiger partial charge in [0.2, 0.25) is 0 Å². The van der Waals surface area contributed by atoms with Gasteiger partial charge in [-0.05, 0) is 91.1 Å². The van der Waals surface area contributed by atoms with E-state index in [0.29, 0.717) is 28.0 Å². The standard InChI is InChI=1S/C40H31Cl2F4N5O6/c1-49(34-29(42)14-16-31(47-34)40(44,45)46)51-35(53)25-13-12-24-26(32(25)37(51)55)18-28-36(54)50(48-22-9-7-21(43)8-10-22)38(56)39(28,19-3-5-20(41)6-4-19)33(24)27-17-23(57-2)11-15-30(27)52/h3-12,14-17,25-26,28,32-33,48,52H,13,18H2,1-2H3. The molecule has 2 aliphatic carbocycles. The molecule has 3 aromatic carbocycles. The number of amides is 4. The maximum absolute atomic E-state index is 15.3. The molecule has 6 unspecified atom stereocenters. The third-order valence-electron chi connectivity index (χ3n) is 11.5. The number of ether oxygens (including phenoxy) is 1. The van der Waals surface area contributed by atoms with E-state index < -0.39 is 82.1 Å². The lowest BCUT2D eigenvalue weighted by molar-refractivity contribution is -0.142. The number of rotatable bonds is 7. The van der Waals surface area contributed by atoms with Crippen molar-refractivity contribution in [2.45, 2.75) is 30.4 Å². The first-order valence-corrected chi connectivity index (χ1v) is 18.4. The number of fused-ring (bicyclic) bond motifs is 4. The van der Waals surface area contributed by atoms with Gasteiger partial charge in [-0.25, -0.2) is 9.37 Å². The lowest BCUT2D eigenvalue weighted by Gasteiger charge is -2.50. The summed E-state index contributed by atoms with van der Waals surface area (Å²) in [5.74, 6) is -9.31. The Morgan fingerprint density at radius 3 is 2.30 bits per heavy atom. The predicted molar refractivity (Wildman–Crippen MR) is 198 cm³/mol. The van der Waals surface area contributed by atoms with Crippen LogP contribution in [0.15, 0.2) is 90.5 Å². The van der Waals surface area contributed by atoms with Gasteiger partial charge in [0, 0.05) is 23.6 Å². The van der Waals surface area contributed by atoms with Crippen LogP contribution in [0.25, 0.3) is 0 Å². The number of carbonyl (C=O) groups excluding carboxylic acids is 4. The molecule has 4 aliphatic rings. The molecule has 0 radical (unpaired) electrons. The molecule has 2 saturated heterocycles. The number of carbonyl (C=O) groups is 4. The minimum absolute atomic E-state index is 0.0303. The lowest BCUT2D eigenvalue weighted by Crippen LogP contribution is -2.53. The molecule has 3 fully saturated rings. The number of methoxy groups -OCH3 is 1. The van der Waals surface area contributed by atoms with E-state index in [2.05, 4.69) is 10.4 Å². The summed E-state index contributed by atoms with van der Waals surface area (Å²) in [6, 6.07) is 17.5. The Hall–Kier alpha value is -5.67. The lowest BCUT2D eigenvalue weighted by atomic mass is 9.49. The van der Waals surface area contributed by atoms with Gasteiger partial charge in [0.05, 0.1) is 41.0 Å². The van der Waals surface area contributed by atoms with E-state index in [4.69, 9.17) is 27.9 Å². The number of anilines is 2. The summed E-state index contributed by atoms with van der Waals surface area (Å²) in [4.78, 5) is 62.5. The van der Waals surface area contributed by atoms with Crippen molar-refractivity contribution in [2.75, 3.05) is 24.6 Å². The summed E-state index contributed by atoms with van der Waals surface area (Å²) in [6.07, 6.45) is -3.28. The van der Waals surface area contributed by atoms with Gasteiger partial charge in [0.25, 0.3) is 23.6 Å². The zero-order valence-corrected chi connectivity index (χ0v) is 31.4. The van der Waals surface area contributed by atoms with Crippen LogP contribution < -0.4 is 15.2 Å². The summed E-state index contributed by atoms with van der Waals surface area (Å²) >= 11 is 12.6. The number of pyridine rings is 1. The molecule has 1 saturated carbocycles. The van der Waals surface area contributed by atoms with Crippen molar-refractivity contribution in [3.63, 3.8) is 0 Å². The third-order valence-corrected chi connectivity index (χ3v) is 12.1. The predicted octanol–water partition coefficient (Wildman–Crippen LogP) is 7.30. The van der Waals surface area contributed by atoms with Crippen molar-refractivity contribution in [3.8, 4) is 11.5 Å². The number of alkyl halides is 3. The Bertz CT molecular complexity index is 2380. The number of benzene rings is 3. The van der Waals surface area contributed by atoms with Gasteiger partial charge in [-0.2, -0.15) is 23.2 Å². The van der Waals surface area contributed by atoms with Crippen molar-refractivity contribution >= 4 is 58.3 Å². The number of aromatic hydroxyl groups is 1. The first-order valence-electron chi connectivity index (χ1n) is 17.7. The first kappa shape index (κ1) is 38.2. The summed E-state index contributed by atoms with van der Waals surface area (Å²) in [6.45, 7) is 0. The SMILES string of the molecule is COc1ccc(O)c(C2C3=CCC4C(=O)N(N(C)c5nc(C(F)(F)F)ccc5Cl)C(=O)C4C3CC3C(=O)N(Nc4ccc(F)cc4)C(=O)C32c2ccc(Cl)cc2)c1. The fraction of sp³-hybridized carbons (Fsp3) is 0.275. The average Bonchev–Trinajstić information content (AvgIpc) is 3.56. The van der Waals surface area contributed by atoms with E-state index in [1.165, 1.54) is 38.4 Å². The van der Waals surface area contributed by atoms with E-state index in [1.807, 2.05) is 0 Å². The number of halogens is 6. The molecule has 0 bridgehead atoms. The van der Waals surface area contributed by atoms with Crippen LogP contribution in [0.1, 0.15) is 35.6 Å². The van der Waals surface area contributed by atoms with Crippen molar-refractivity contribution < 1.29 is 46.6 Å². The molecule has 8 rings (SSSR count). The van der Waals surface area contributed by atoms with Gasteiger partial charge >= 0.3 is 6.18 Å². The van der Waals surface area contributed by atoms with E-state index in [1.54, 1.807) is 36.4 Å². The van der Waals surface area contributed by atoms with Gasteiger partial charge < -0.3 is 9.84 Å². The fourth-order valence-electron chi connectivity index (χ4n) is 9.08. The van der Waals surface area contributed by atoms with E-state index in [0.717, 1.165) is 33.2 Å². The van der Waals surface area contributed by atoms with Crippen molar-refractivity contribution in [1.29, 1.82) is 0 Å².